The highest BCUT2D eigenvalue weighted by Crippen LogP contribution is 2.25. The fourth-order valence-corrected chi connectivity index (χ4v) is 2.61. The van der Waals surface area contributed by atoms with Crippen LogP contribution in [-0.4, -0.2) is 24.0 Å². The van der Waals surface area contributed by atoms with Crippen molar-refractivity contribution in [2.24, 2.45) is 0 Å². The smallest absolute Gasteiger partial charge is 0.255 e. The van der Waals surface area contributed by atoms with Crippen LogP contribution in [0.1, 0.15) is 18.5 Å². The summed E-state index contributed by atoms with van der Waals surface area (Å²) < 4.78 is 0. The van der Waals surface area contributed by atoms with Gasteiger partial charge < -0.3 is 9.88 Å². The van der Waals surface area contributed by atoms with Gasteiger partial charge in [0.25, 0.3) is 5.56 Å². The van der Waals surface area contributed by atoms with Crippen molar-refractivity contribution >= 4 is 10.8 Å². The van der Waals surface area contributed by atoms with Gasteiger partial charge in [0, 0.05) is 17.6 Å². The summed E-state index contributed by atoms with van der Waals surface area (Å²) in [5.41, 5.74) is 3.43. The largest absolute Gasteiger partial charge is 0.329 e. The molecule has 112 valence electrons. The van der Waals surface area contributed by atoms with Gasteiger partial charge in [-0.3, -0.25) is 4.79 Å². The number of fused-ring (bicyclic) bond motifs is 1. The molecule has 3 aromatic rings. The van der Waals surface area contributed by atoms with Crippen LogP contribution in [0.25, 0.3) is 21.9 Å². The molecule has 0 aliphatic carbocycles. The zero-order chi connectivity index (χ0) is 15.7. The number of nitrogens with one attached hydrogen (secondary N) is 1. The number of H-pyrrole nitrogens is 1. The van der Waals surface area contributed by atoms with E-state index in [9.17, 15) is 4.79 Å². The van der Waals surface area contributed by atoms with Crippen molar-refractivity contribution in [1.29, 1.82) is 0 Å². The highest BCUT2D eigenvalue weighted by Gasteiger charge is 2.08. The minimum atomic E-state index is -0.0443. The molecular formula is C19H20N2O. The molecule has 3 heteroatoms. The van der Waals surface area contributed by atoms with Crippen molar-refractivity contribution < 1.29 is 0 Å². The summed E-state index contributed by atoms with van der Waals surface area (Å²) >= 11 is 0. The topological polar surface area (TPSA) is 36.1 Å². The second kappa shape index (κ2) is 5.78. The third kappa shape index (κ3) is 2.68. The zero-order valence-electron chi connectivity index (χ0n) is 13.1. The number of rotatable bonds is 3. The van der Waals surface area contributed by atoms with E-state index >= 15 is 0 Å². The van der Waals surface area contributed by atoms with Crippen molar-refractivity contribution in [3.8, 4) is 11.1 Å². The molecule has 1 atom stereocenters. The Morgan fingerprint density at radius 3 is 2.32 bits per heavy atom. The Bertz CT molecular complexity index is 847. The quantitative estimate of drug-likeness (QED) is 0.796. The highest BCUT2D eigenvalue weighted by atomic mass is 16.1. The Kier molecular flexibility index (Phi) is 3.82. The molecule has 0 amide bonds. The molecule has 1 aromatic heterocycles. The maximum Gasteiger partial charge on any atom is 0.255 e. The Labute approximate surface area is 130 Å². The summed E-state index contributed by atoms with van der Waals surface area (Å²) in [4.78, 5) is 16.8. The second-order valence-corrected chi connectivity index (χ2v) is 5.87. The van der Waals surface area contributed by atoms with Crippen LogP contribution in [0.3, 0.4) is 0 Å². The van der Waals surface area contributed by atoms with E-state index in [2.05, 4.69) is 61.2 Å². The van der Waals surface area contributed by atoms with Gasteiger partial charge in [0.05, 0.1) is 0 Å². The molecule has 22 heavy (non-hydrogen) atoms. The lowest BCUT2D eigenvalue weighted by Gasteiger charge is -2.20. The molecule has 0 aliphatic heterocycles. The number of nitrogens with zero attached hydrogens (tertiary/aromatic N) is 1. The molecule has 0 bridgehead atoms. The number of aromatic amines is 1. The van der Waals surface area contributed by atoms with E-state index in [1.54, 1.807) is 6.20 Å². The molecule has 3 rings (SSSR count). The molecule has 1 N–H and O–H groups in total. The van der Waals surface area contributed by atoms with Crippen LogP contribution in [0.4, 0.5) is 0 Å². The SMILES string of the molecule is C[C@H](c1ccc(-c2ccc3cc[nH]c(=O)c3c2)cc1)N(C)C. The molecule has 0 fully saturated rings. The molecule has 3 nitrogen and oxygen atoms in total. The zero-order valence-corrected chi connectivity index (χ0v) is 13.1. The fourth-order valence-electron chi connectivity index (χ4n) is 2.61. The van der Waals surface area contributed by atoms with Crippen molar-refractivity contribution in [2.75, 3.05) is 14.1 Å². The van der Waals surface area contributed by atoms with Gasteiger partial charge in [0.15, 0.2) is 0 Å². The first-order valence-electron chi connectivity index (χ1n) is 7.44. The van der Waals surface area contributed by atoms with Gasteiger partial charge >= 0.3 is 0 Å². The number of aromatic nitrogens is 1. The van der Waals surface area contributed by atoms with Crippen molar-refractivity contribution in [3.05, 3.63) is 70.6 Å². The number of hydrogen-bond acceptors (Lipinski definition) is 2. The lowest BCUT2D eigenvalue weighted by atomic mass is 9.99. The first kappa shape index (κ1) is 14.5. The summed E-state index contributed by atoms with van der Waals surface area (Å²) in [7, 11) is 4.16. The lowest BCUT2D eigenvalue weighted by molar-refractivity contribution is 0.321. The molecule has 0 saturated heterocycles. The Morgan fingerprint density at radius 1 is 0.955 bits per heavy atom. The van der Waals surface area contributed by atoms with Crippen molar-refractivity contribution in [2.45, 2.75) is 13.0 Å². The highest BCUT2D eigenvalue weighted by molar-refractivity contribution is 5.86. The Hall–Kier alpha value is -2.39. The van der Waals surface area contributed by atoms with Crippen LogP contribution in [-0.2, 0) is 0 Å². The number of pyridine rings is 1. The Balaban J connectivity index is 2.01. The van der Waals surface area contributed by atoms with Gasteiger partial charge in [-0.05, 0) is 55.2 Å². The minimum Gasteiger partial charge on any atom is -0.329 e. The monoisotopic (exact) mass is 292 g/mol. The van der Waals surface area contributed by atoms with Gasteiger partial charge in [0.2, 0.25) is 0 Å². The molecule has 0 radical (unpaired) electrons. The summed E-state index contributed by atoms with van der Waals surface area (Å²) in [5, 5.41) is 1.69. The molecule has 1 heterocycles. The van der Waals surface area contributed by atoms with E-state index < -0.39 is 0 Å². The molecule has 0 aliphatic rings. The summed E-state index contributed by atoms with van der Waals surface area (Å²) in [6.07, 6.45) is 1.68. The van der Waals surface area contributed by atoms with E-state index in [1.807, 2.05) is 18.2 Å². The van der Waals surface area contributed by atoms with Gasteiger partial charge in [-0.2, -0.15) is 0 Å². The molecule has 2 aromatic carbocycles. The first-order valence-corrected chi connectivity index (χ1v) is 7.44. The Morgan fingerprint density at radius 2 is 1.64 bits per heavy atom. The molecule has 0 unspecified atom stereocenters. The average Bonchev–Trinajstić information content (AvgIpc) is 2.54. The molecule has 0 spiro atoms. The lowest BCUT2D eigenvalue weighted by Crippen LogP contribution is -2.16. The fraction of sp³-hybridized carbons (Fsp3) is 0.211. The first-order chi connectivity index (χ1) is 10.6. The maximum absolute atomic E-state index is 11.9. The van der Waals surface area contributed by atoms with Gasteiger partial charge in [0.1, 0.15) is 0 Å². The van der Waals surface area contributed by atoms with Gasteiger partial charge in [-0.25, -0.2) is 0 Å². The molecule has 0 saturated carbocycles. The second-order valence-electron chi connectivity index (χ2n) is 5.87. The average molecular weight is 292 g/mol. The van der Waals surface area contributed by atoms with Crippen molar-refractivity contribution in [1.82, 2.24) is 9.88 Å². The third-order valence-electron chi connectivity index (χ3n) is 4.28. The van der Waals surface area contributed by atoms with E-state index in [-0.39, 0.29) is 5.56 Å². The molecular weight excluding hydrogens is 272 g/mol. The number of hydrogen-bond donors (Lipinski definition) is 1. The van der Waals surface area contributed by atoms with E-state index in [4.69, 9.17) is 0 Å². The standard InChI is InChI=1S/C19H20N2O/c1-13(21(2)3)14-4-6-15(7-5-14)17-9-8-16-10-11-20-19(22)18(16)12-17/h4-13H,1-3H3,(H,20,22)/t13-/m1/s1. The van der Waals surface area contributed by atoms with E-state index in [0.717, 1.165) is 21.9 Å². The third-order valence-corrected chi connectivity index (χ3v) is 4.28. The predicted octanol–water partition coefficient (Wildman–Crippen LogP) is 3.82. The van der Waals surface area contributed by atoms with Crippen LogP contribution in [0, 0.1) is 0 Å². The van der Waals surface area contributed by atoms with Crippen LogP contribution < -0.4 is 5.56 Å². The summed E-state index contributed by atoms with van der Waals surface area (Å²) in [6, 6.07) is 16.9. The van der Waals surface area contributed by atoms with E-state index in [0.29, 0.717) is 6.04 Å². The normalized spacial score (nSPS) is 12.7. The number of benzene rings is 2. The maximum atomic E-state index is 11.9. The van der Waals surface area contributed by atoms with E-state index in [1.165, 1.54) is 5.56 Å². The minimum absolute atomic E-state index is 0.0443. The van der Waals surface area contributed by atoms with Gasteiger partial charge in [-0.1, -0.05) is 36.4 Å². The predicted molar refractivity (Wildman–Crippen MR) is 92.1 cm³/mol. The summed E-state index contributed by atoms with van der Waals surface area (Å²) in [5.74, 6) is 0. The van der Waals surface area contributed by atoms with Crippen molar-refractivity contribution in [3.63, 3.8) is 0 Å². The van der Waals surface area contributed by atoms with Crippen LogP contribution in [0.5, 0.6) is 0 Å². The van der Waals surface area contributed by atoms with Crippen LogP contribution in [0.15, 0.2) is 59.5 Å². The van der Waals surface area contributed by atoms with Gasteiger partial charge in [-0.15, -0.1) is 0 Å². The van der Waals surface area contributed by atoms with Crippen LogP contribution in [0.2, 0.25) is 0 Å². The summed E-state index contributed by atoms with van der Waals surface area (Å²) in [6.45, 7) is 2.19. The van der Waals surface area contributed by atoms with Crippen LogP contribution >= 0.6 is 0 Å².